The number of rotatable bonds is 4. The maximum absolute atomic E-state index is 13.9. The molecule has 0 atom stereocenters. The lowest BCUT2D eigenvalue weighted by Gasteiger charge is -2.15. The Labute approximate surface area is 277 Å². The van der Waals surface area contributed by atoms with Gasteiger partial charge in [0.2, 0.25) is 9.84 Å². The highest BCUT2D eigenvalue weighted by atomic mass is 32.2. The molecule has 1 aliphatic carbocycles. The van der Waals surface area contributed by atoms with Crippen molar-refractivity contribution in [2.75, 3.05) is 0 Å². The monoisotopic (exact) mass is 634 g/mol. The fraction of sp³-hybridized carbons (Fsp3) is 0. The summed E-state index contributed by atoms with van der Waals surface area (Å²) in [6.07, 6.45) is 0. The third kappa shape index (κ3) is 3.78. The standard InChI is InChI=1S/C44H26O3S/c45-48(46,31-14-2-1-3-15-31)39-21-9-13-29-12-6-17-32(41(29)39)27-22-24-30(25-23-27)42-43-35-19-8-11-28-10-7-18-33(40(28)35)36(43)26-38-44(42)34-16-4-5-20-37(34)47-38/h1-26H. The van der Waals surface area contributed by atoms with Crippen LogP contribution in [0, 0.1) is 0 Å². The maximum atomic E-state index is 13.9. The lowest BCUT2D eigenvalue weighted by molar-refractivity contribution is 0.597. The van der Waals surface area contributed by atoms with Gasteiger partial charge in [0.15, 0.2) is 0 Å². The van der Waals surface area contributed by atoms with Crippen LogP contribution in [0.4, 0.5) is 0 Å². The third-order valence-electron chi connectivity index (χ3n) is 9.83. The lowest BCUT2D eigenvalue weighted by atomic mass is 9.88. The fourth-order valence-electron chi connectivity index (χ4n) is 7.76. The molecule has 0 aliphatic heterocycles. The number of para-hydroxylation sites is 1. The van der Waals surface area contributed by atoms with Gasteiger partial charge in [-0.3, -0.25) is 0 Å². The molecule has 226 valence electrons. The first kappa shape index (κ1) is 27.2. The molecule has 0 bridgehead atoms. The smallest absolute Gasteiger partial charge is 0.207 e. The zero-order chi connectivity index (χ0) is 32.0. The summed E-state index contributed by atoms with van der Waals surface area (Å²) in [4.78, 5) is 0.595. The normalized spacial score (nSPS) is 12.3. The maximum Gasteiger partial charge on any atom is 0.207 e. The Hall–Kier alpha value is -5.97. The highest BCUT2D eigenvalue weighted by Crippen LogP contribution is 2.55. The van der Waals surface area contributed by atoms with Crippen molar-refractivity contribution in [2.45, 2.75) is 9.79 Å². The Morgan fingerprint density at radius 2 is 1.04 bits per heavy atom. The van der Waals surface area contributed by atoms with Crippen LogP contribution in [-0.4, -0.2) is 8.42 Å². The molecular weight excluding hydrogens is 609 g/mol. The number of furan rings is 1. The van der Waals surface area contributed by atoms with Crippen LogP contribution in [0.5, 0.6) is 0 Å². The molecular formula is C44H26O3S. The number of sulfone groups is 1. The summed E-state index contributed by atoms with van der Waals surface area (Å²) in [6, 6.07) is 52.3. The summed E-state index contributed by atoms with van der Waals surface area (Å²) >= 11 is 0. The minimum absolute atomic E-state index is 0.285. The van der Waals surface area contributed by atoms with Crippen LogP contribution < -0.4 is 0 Å². The van der Waals surface area contributed by atoms with E-state index in [4.69, 9.17) is 4.42 Å². The first-order chi connectivity index (χ1) is 23.6. The van der Waals surface area contributed by atoms with Gasteiger partial charge in [-0.05, 0) is 85.4 Å². The Morgan fingerprint density at radius 3 is 1.81 bits per heavy atom. The molecule has 8 aromatic carbocycles. The van der Waals surface area contributed by atoms with Gasteiger partial charge in [-0.15, -0.1) is 0 Å². The molecule has 1 heterocycles. The van der Waals surface area contributed by atoms with Gasteiger partial charge in [0.05, 0.1) is 9.79 Å². The van der Waals surface area contributed by atoms with Crippen LogP contribution in [-0.2, 0) is 9.84 Å². The molecule has 9 aromatic rings. The predicted molar refractivity (Wildman–Crippen MR) is 196 cm³/mol. The molecule has 1 aromatic heterocycles. The molecule has 10 rings (SSSR count). The average Bonchev–Trinajstić information content (AvgIpc) is 3.67. The quantitative estimate of drug-likeness (QED) is 0.193. The first-order valence-electron chi connectivity index (χ1n) is 16.0. The minimum Gasteiger partial charge on any atom is -0.456 e. The Morgan fingerprint density at radius 1 is 0.417 bits per heavy atom. The third-order valence-corrected chi connectivity index (χ3v) is 11.6. The van der Waals surface area contributed by atoms with Crippen molar-refractivity contribution < 1.29 is 12.8 Å². The van der Waals surface area contributed by atoms with E-state index in [0.717, 1.165) is 55.0 Å². The molecule has 1 aliphatic rings. The second-order valence-electron chi connectivity index (χ2n) is 12.4. The molecule has 0 amide bonds. The summed E-state index contributed by atoms with van der Waals surface area (Å²) in [5, 5.41) is 6.29. The average molecular weight is 635 g/mol. The SMILES string of the molecule is O=S(=O)(c1ccccc1)c1cccc2cccc(-c3ccc(-c4c5c(cc6oc7ccccc7c46)-c4cccc6cccc-5c46)cc3)c12. The molecule has 0 saturated carbocycles. The fourth-order valence-corrected chi connectivity index (χ4v) is 9.28. The number of benzene rings is 8. The molecule has 4 heteroatoms. The first-order valence-corrected chi connectivity index (χ1v) is 17.5. The van der Waals surface area contributed by atoms with Gasteiger partial charge in [-0.2, -0.15) is 0 Å². The van der Waals surface area contributed by atoms with Crippen LogP contribution >= 0.6 is 0 Å². The van der Waals surface area contributed by atoms with E-state index >= 15 is 0 Å². The number of fused-ring (bicyclic) bond motifs is 7. The Balaban J connectivity index is 1.21. The van der Waals surface area contributed by atoms with E-state index < -0.39 is 9.84 Å². The highest BCUT2D eigenvalue weighted by molar-refractivity contribution is 7.91. The number of hydrogen-bond donors (Lipinski definition) is 0. The van der Waals surface area contributed by atoms with E-state index in [2.05, 4.69) is 78.9 Å². The van der Waals surface area contributed by atoms with E-state index in [9.17, 15) is 8.42 Å². The van der Waals surface area contributed by atoms with Gasteiger partial charge in [0, 0.05) is 21.7 Å². The van der Waals surface area contributed by atoms with E-state index in [1.54, 1.807) is 30.3 Å². The second-order valence-corrected chi connectivity index (χ2v) is 14.3. The summed E-state index contributed by atoms with van der Waals surface area (Å²) in [7, 11) is -3.75. The molecule has 0 radical (unpaired) electrons. The molecule has 48 heavy (non-hydrogen) atoms. The van der Waals surface area contributed by atoms with Crippen LogP contribution in [0.25, 0.3) is 88.0 Å². The van der Waals surface area contributed by atoms with Gasteiger partial charge in [-0.1, -0.05) is 127 Å². The van der Waals surface area contributed by atoms with Gasteiger partial charge in [-0.25, -0.2) is 8.42 Å². The highest BCUT2D eigenvalue weighted by Gasteiger charge is 2.29. The van der Waals surface area contributed by atoms with Crippen LogP contribution in [0.15, 0.2) is 172 Å². The zero-order valence-electron chi connectivity index (χ0n) is 25.6. The van der Waals surface area contributed by atoms with Crippen LogP contribution in [0.1, 0.15) is 0 Å². The lowest BCUT2D eigenvalue weighted by Crippen LogP contribution is -2.03. The summed E-state index contributed by atoms with van der Waals surface area (Å²) < 4.78 is 34.4. The molecule has 0 N–H and O–H groups in total. The van der Waals surface area contributed by atoms with E-state index in [1.165, 1.54) is 33.0 Å². The van der Waals surface area contributed by atoms with E-state index in [1.807, 2.05) is 48.5 Å². The summed E-state index contributed by atoms with van der Waals surface area (Å²) in [5.41, 5.74) is 10.6. The number of hydrogen-bond acceptors (Lipinski definition) is 3. The molecule has 0 unspecified atom stereocenters. The van der Waals surface area contributed by atoms with Gasteiger partial charge < -0.3 is 4.42 Å². The van der Waals surface area contributed by atoms with Crippen molar-refractivity contribution in [3.8, 4) is 44.5 Å². The van der Waals surface area contributed by atoms with Gasteiger partial charge >= 0.3 is 0 Å². The summed E-state index contributed by atoms with van der Waals surface area (Å²) in [5.74, 6) is 0. The topological polar surface area (TPSA) is 47.3 Å². The van der Waals surface area contributed by atoms with Gasteiger partial charge in [0.25, 0.3) is 0 Å². The largest absolute Gasteiger partial charge is 0.456 e. The van der Waals surface area contributed by atoms with Gasteiger partial charge in [0.1, 0.15) is 11.2 Å². The van der Waals surface area contributed by atoms with Crippen LogP contribution in [0.3, 0.4) is 0 Å². The predicted octanol–water partition coefficient (Wildman–Crippen LogP) is 11.7. The van der Waals surface area contributed by atoms with Crippen molar-refractivity contribution in [3.63, 3.8) is 0 Å². The van der Waals surface area contributed by atoms with Crippen molar-refractivity contribution >= 4 is 53.3 Å². The molecule has 0 saturated heterocycles. The minimum atomic E-state index is -3.75. The molecule has 0 spiro atoms. The van der Waals surface area contributed by atoms with Crippen molar-refractivity contribution in [1.82, 2.24) is 0 Å². The van der Waals surface area contributed by atoms with E-state index in [-0.39, 0.29) is 4.90 Å². The Bertz CT molecular complexity index is 2870. The second kappa shape index (κ2) is 10.0. The molecule has 0 fully saturated rings. The van der Waals surface area contributed by atoms with Crippen LogP contribution in [0.2, 0.25) is 0 Å². The van der Waals surface area contributed by atoms with Crippen molar-refractivity contribution in [3.05, 3.63) is 158 Å². The zero-order valence-corrected chi connectivity index (χ0v) is 26.5. The Kier molecular flexibility index (Phi) is 5.67. The molecule has 3 nitrogen and oxygen atoms in total. The van der Waals surface area contributed by atoms with Crippen molar-refractivity contribution in [2.24, 2.45) is 0 Å². The van der Waals surface area contributed by atoms with Crippen molar-refractivity contribution in [1.29, 1.82) is 0 Å². The van der Waals surface area contributed by atoms with E-state index in [0.29, 0.717) is 4.90 Å². The summed E-state index contributed by atoms with van der Waals surface area (Å²) in [6.45, 7) is 0.